The van der Waals surface area contributed by atoms with Crippen LogP contribution in [-0.4, -0.2) is 5.78 Å². The van der Waals surface area contributed by atoms with Crippen LogP contribution in [0.25, 0.3) is 0 Å². The Morgan fingerprint density at radius 1 is 1.38 bits per heavy atom. The van der Waals surface area contributed by atoms with Crippen molar-refractivity contribution >= 4 is 5.78 Å². The van der Waals surface area contributed by atoms with Gasteiger partial charge in [-0.2, -0.15) is 0 Å². The molecule has 1 aliphatic rings. The predicted molar refractivity (Wildman–Crippen MR) is 66.6 cm³/mol. The molecule has 0 spiro atoms. The molecule has 1 nitrogen and oxygen atoms in total. The van der Waals surface area contributed by atoms with Crippen LogP contribution in [0.15, 0.2) is 0 Å². The summed E-state index contributed by atoms with van der Waals surface area (Å²) < 4.78 is 0. The van der Waals surface area contributed by atoms with Crippen LogP contribution in [0.4, 0.5) is 0 Å². The highest BCUT2D eigenvalue weighted by Gasteiger charge is 2.40. The molecule has 0 saturated heterocycles. The van der Waals surface area contributed by atoms with Gasteiger partial charge in [0.15, 0.2) is 0 Å². The van der Waals surface area contributed by atoms with Gasteiger partial charge in [-0.1, -0.05) is 6.92 Å². The number of rotatable bonds is 4. The minimum Gasteiger partial charge on any atom is -0.299 e. The molecule has 2 atom stereocenters. The van der Waals surface area contributed by atoms with Crippen molar-refractivity contribution in [1.29, 1.82) is 0 Å². The molecule has 0 radical (unpaired) electrons. The van der Waals surface area contributed by atoms with Gasteiger partial charge in [-0.15, -0.1) is 24.7 Å². The van der Waals surface area contributed by atoms with Crippen molar-refractivity contribution < 1.29 is 4.79 Å². The summed E-state index contributed by atoms with van der Waals surface area (Å²) in [7, 11) is 0. The van der Waals surface area contributed by atoms with Gasteiger partial charge in [-0.3, -0.25) is 4.79 Å². The lowest BCUT2D eigenvalue weighted by Gasteiger charge is -2.40. The highest BCUT2D eigenvalue weighted by molar-refractivity contribution is 5.82. The van der Waals surface area contributed by atoms with E-state index in [-0.39, 0.29) is 11.3 Å². The smallest absolute Gasteiger partial charge is 0.136 e. The summed E-state index contributed by atoms with van der Waals surface area (Å²) in [6.07, 6.45) is 16.7. The topological polar surface area (TPSA) is 17.1 Å². The minimum absolute atomic E-state index is 0.0819. The third kappa shape index (κ3) is 2.89. The first-order valence-corrected chi connectivity index (χ1v) is 6.03. The first-order valence-electron chi connectivity index (χ1n) is 6.03. The Kier molecular flexibility index (Phi) is 4.63. The van der Waals surface area contributed by atoms with Crippen molar-refractivity contribution in [1.82, 2.24) is 0 Å². The van der Waals surface area contributed by atoms with Crippen molar-refractivity contribution in [2.45, 2.75) is 51.9 Å². The maximum absolute atomic E-state index is 12.0. The Hall–Kier alpha value is -1.21. The molecule has 0 heterocycles. The van der Waals surface area contributed by atoms with Crippen LogP contribution in [-0.2, 0) is 4.79 Å². The van der Waals surface area contributed by atoms with Crippen molar-refractivity contribution in [3.05, 3.63) is 0 Å². The van der Waals surface area contributed by atoms with E-state index in [0.717, 1.165) is 38.5 Å². The molecule has 1 fully saturated rings. The van der Waals surface area contributed by atoms with Crippen LogP contribution in [0.1, 0.15) is 51.9 Å². The van der Waals surface area contributed by atoms with Crippen molar-refractivity contribution in [3.63, 3.8) is 0 Å². The van der Waals surface area contributed by atoms with Crippen molar-refractivity contribution in [3.8, 4) is 24.7 Å². The van der Waals surface area contributed by atoms with Gasteiger partial charge in [-0.05, 0) is 31.1 Å². The summed E-state index contributed by atoms with van der Waals surface area (Å²) in [6.45, 7) is 2.20. The van der Waals surface area contributed by atoms with Gasteiger partial charge in [0.25, 0.3) is 0 Å². The Bertz CT molecular complexity index is 328. The molecule has 0 aromatic rings. The van der Waals surface area contributed by atoms with E-state index in [1.807, 2.05) is 0 Å². The fourth-order valence-electron chi connectivity index (χ4n) is 2.80. The van der Waals surface area contributed by atoms with Gasteiger partial charge in [0, 0.05) is 25.2 Å². The molecule has 0 aromatic carbocycles. The number of Topliss-reactive ketones (excluding diaryl/α,β-unsaturated/α-hetero) is 1. The van der Waals surface area contributed by atoms with Crippen molar-refractivity contribution in [2.24, 2.45) is 11.3 Å². The zero-order valence-electron chi connectivity index (χ0n) is 10.1. The molecular weight excluding hydrogens is 196 g/mol. The van der Waals surface area contributed by atoms with Gasteiger partial charge < -0.3 is 0 Å². The number of hydrogen-bond donors (Lipinski definition) is 0. The highest BCUT2D eigenvalue weighted by atomic mass is 16.1. The fourth-order valence-corrected chi connectivity index (χ4v) is 2.80. The molecule has 1 rings (SSSR count). The first kappa shape index (κ1) is 12.9. The molecule has 1 aliphatic carbocycles. The average molecular weight is 216 g/mol. The summed E-state index contributed by atoms with van der Waals surface area (Å²) >= 11 is 0. The number of ketones is 1. The summed E-state index contributed by atoms with van der Waals surface area (Å²) in [5.74, 6) is 5.84. The molecule has 0 aliphatic heterocycles. The molecule has 0 bridgehead atoms. The Balaban J connectivity index is 2.73. The van der Waals surface area contributed by atoms with Crippen LogP contribution in [0, 0.1) is 36.0 Å². The van der Waals surface area contributed by atoms with Crippen LogP contribution in [0.2, 0.25) is 0 Å². The normalized spacial score (nSPS) is 29.4. The molecule has 0 N–H and O–H groups in total. The number of carbonyl (C=O) groups excluding carboxylic acids is 1. The van der Waals surface area contributed by atoms with Gasteiger partial charge >= 0.3 is 0 Å². The highest BCUT2D eigenvalue weighted by Crippen LogP contribution is 2.44. The van der Waals surface area contributed by atoms with Crippen LogP contribution < -0.4 is 0 Å². The Labute approximate surface area is 99.0 Å². The molecule has 1 heteroatoms. The standard InChI is InChI=1S/C15H20O/c1-4-6-9-13-14(16)10-8-12-15(13,3)11-7-5-2/h1-2,13H,6-12H2,3H3/t13?,15-/m1/s1. The van der Waals surface area contributed by atoms with E-state index in [0.29, 0.717) is 12.2 Å². The average Bonchev–Trinajstić information content (AvgIpc) is 2.26. The summed E-state index contributed by atoms with van der Waals surface area (Å²) in [4.78, 5) is 12.0. The minimum atomic E-state index is 0.0819. The predicted octanol–water partition coefficient (Wildman–Crippen LogP) is 3.19. The maximum atomic E-state index is 12.0. The van der Waals surface area contributed by atoms with E-state index in [4.69, 9.17) is 12.8 Å². The second-order valence-electron chi connectivity index (χ2n) is 4.97. The third-order valence-electron chi connectivity index (χ3n) is 3.82. The van der Waals surface area contributed by atoms with Crippen LogP contribution in [0.3, 0.4) is 0 Å². The quantitative estimate of drug-likeness (QED) is 0.660. The summed E-state index contributed by atoms with van der Waals surface area (Å²) in [5, 5.41) is 0. The molecular formula is C15H20O. The van der Waals surface area contributed by atoms with Crippen LogP contribution in [0.5, 0.6) is 0 Å². The molecule has 86 valence electrons. The molecule has 0 aromatic heterocycles. The molecule has 1 saturated carbocycles. The van der Waals surface area contributed by atoms with E-state index >= 15 is 0 Å². The summed E-state index contributed by atoms with van der Waals surface area (Å²) in [6, 6.07) is 0. The summed E-state index contributed by atoms with van der Waals surface area (Å²) in [5.41, 5.74) is 0.0819. The monoisotopic (exact) mass is 216 g/mol. The zero-order valence-corrected chi connectivity index (χ0v) is 10.1. The number of terminal acetylenes is 2. The second-order valence-corrected chi connectivity index (χ2v) is 4.97. The molecule has 16 heavy (non-hydrogen) atoms. The van der Waals surface area contributed by atoms with E-state index in [2.05, 4.69) is 18.8 Å². The number of carbonyl (C=O) groups is 1. The van der Waals surface area contributed by atoms with E-state index in [1.165, 1.54) is 0 Å². The van der Waals surface area contributed by atoms with E-state index < -0.39 is 0 Å². The Morgan fingerprint density at radius 2 is 2.06 bits per heavy atom. The molecule has 1 unspecified atom stereocenters. The lowest BCUT2D eigenvalue weighted by atomic mass is 9.63. The third-order valence-corrected chi connectivity index (χ3v) is 3.82. The largest absolute Gasteiger partial charge is 0.299 e. The lowest BCUT2D eigenvalue weighted by molar-refractivity contribution is -0.130. The zero-order chi connectivity index (χ0) is 12.0. The van der Waals surface area contributed by atoms with Gasteiger partial charge in [-0.25, -0.2) is 0 Å². The molecule has 0 amide bonds. The van der Waals surface area contributed by atoms with Gasteiger partial charge in [0.05, 0.1) is 0 Å². The van der Waals surface area contributed by atoms with Crippen LogP contribution >= 0.6 is 0 Å². The maximum Gasteiger partial charge on any atom is 0.136 e. The fraction of sp³-hybridized carbons (Fsp3) is 0.667. The SMILES string of the molecule is C#CCCC1C(=O)CCC[C@@]1(C)CCC#C. The van der Waals surface area contributed by atoms with Gasteiger partial charge in [0.1, 0.15) is 5.78 Å². The van der Waals surface area contributed by atoms with Gasteiger partial charge in [0.2, 0.25) is 0 Å². The van der Waals surface area contributed by atoms with Crippen molar-refractivity contribution in [2.75, 3.05) is 0 Å². The first-order chi connectivity index (χ1) is 7.64. The lowest BCUT2D eigenvalue weighted by Crippen LogP contribution is -2.37. The second kappa shape index (κ2) is 5.76. The number of hydrogen-bond acceptors (Lipinski definition) is 1. The van der Waals surface area contributed by atoms with E-state index in [1.54, 1.807) is 0 Å². The van der Waals surface area contributed by atoms with E-state index in [9.17, 15) is 4.79 Å². The Morgan fingerprint density at radius 3 is 2.69 bits per heavy atom.